The zero-order valence-electron chi connectivity index (χ0n) is 17.7. The molecule has 1 amide bonds. The van der Waals surface area contributed by atoms with Gasteiger partial charge in [-0.15, -0.1) is 0 Å². The van der Waals surface area contributed by atoms with Crippen molar-refractivity contribution >= 4 is 17.4 Å². The third-order valence-electron chi connectivity index (χ3n) is 4.79. The summed E-state index contributed by atoms with van der Waals surface area (Å²) in [6, 6.07) is 21.4. The van der Waals surface area contributed by atoms with Gasteiger partial charge in [0.2, 0.25) is 5.82 Å². The van der Waals surface area contributed by atoms with Crippen LogP contribution in [0.15, 0.2) is 77.3 Å². The Morgan fingerprint density at radius 3 is 2.56 bits per heavy atom. The van der Waals surface area contributed by atoms with Crippen LogP contribution in [0.4, 0.5) is 5.69 Å². The molecule has 1 N–H and O–H groups in total. The van der Waals surface area contributed by atoms with E-state index in [1.807, 2.05) is 31.2 Å². The summed E-state index contributed by atoms with van der Waals surface area (Å²) in [6.07, 6.45) is 0. The SMILES string of the molecule is CC(=O)c1cccc(NC(=O)c2ccccc2OCc2nc(-c3ccc(C)cc3)no2)c1. The van der Waals surface area contributed by atoms with Gasteiger partial charge in [0, 0.05) is 16.8 Å². The molecule has 1 heterocycles. The minimum Gasteiger partial charge on any atom is -0.483 e. The van der Waals surface area contributed by atoms with Gasteiger partial charge < -0.3 is 14.6 Å². The van der Waals surface area contributed by atoms with E-state index >= 15 is 0 Å². The zero-order valence-corrected chi connectivity index (χ0v) is 17.7. The molecule has 0 atom stereocenters. The number of ketones is 1. The van der Waals surface area contributed by atoms with Gasteiger partial charge in [-0.25, -0.2) is 0 Å². The van der Waals surface area contributed by atoms with E-state index in [1.54, 1.807) is 48.5 Å². The van der Waals surface area contributed by atoms with E-state index in [-0.39, 0.29) is 18.3 Å². The lowest BCUT2D eigenvalue weighted by atomic mass is 10.1. The number of amides is 1. The van der Waals surface area contributed by atoms with Crippen LogP contribution in [-0.2, 0) is 6.61 Å². The molecule has 4 aromatic rings. The van der Waals surface area contributed by atoms with Gasteiger partial charge in [-0.2, -0.15) is 4.98 Å². The smallest absolute Gasteiger partial charge is 0.264 e. The number of aromatic nitrogens is 2. The molecule has 0 spiro atoms. The minimum absolute atomic E-state index is 0.0168. The highest BCUT2D eigenvalue weighted by Gasteiger charge is 2.15. The Hall–Kier alpha value is -4.26. The van der Waals surface area contributed by atoms with Gasteiger partial charge in [0.25, 0.3) is 11.8 Å². The summed E-state index contributed by atoms with van der Waals surface area (Å²) in [5.41, 5.74) is 3.38. The predicted molar refractivity (Wildman–Crippen MR) is 120 cm³/mol. The maximum atomic E-state index is 12.8. The average Bonchev–Trinajstić information content (AvgIpc) is 3.27. The highest BCUT2D eigenvalue weighted by Crippen LogP contribution is 2.22. The Bertz CT molecular complexity index is 1260. The summed E-state index contributed by atoms with van der Waals surface area (Å²) in [6.45, 7) is 3.50. The molecule has 0 saturated heterocycles. The van der Waals surface area contributed by atoms with Crippen molar-refractivity contribution < 1.29 is 18.8 Å². The van der Waals surface area contributed by atoms with Crippen molar-refractivity contribution in [3.05, 3.63) is 95.4 Å². The molecule has 7 heteroatoms. The molecule has 0 aliphatic carbocycles. The number of carbonyl (C=O) groups excluding carboxylic acids is 2. The molecule has 0 aliphatic rings. The van der Waals surface area contributed by atoms with Crippen LogP contribution < -0.4 is 10.1 Å². The standard InChI is InChI=1S/C25H21N3O4/c1-16-10-12-18(13-11-16)24-27-23(32-28-24)15-31-22-9-4-3-8-21(22)25(30)26-20-7-5-6-19(14-20)17(2)29/h3-14H,15H2,1-2H3,(H,26,30). The lowest BCUT2D eigenvalue weighted by molar-refractivity contribution is 0.100. The second kappa shape index (κ2) is 9.26. The number of hydrogen-bond donors (Lipinski definition) is 1. The number of carbonyl (C=O) groups is 2. The first kappa shape index (κ1) is 21.0. The van der Waals surface area contributed by atoms with E-state index in [9.17, 15) is 9.59 Å². The number of hydrogen-bond acceptors (Lipinski definition) is 6. The maximum absolute atomic E-state index is 12.8. The Morgan fingerprint density at radius 2 is 1.78 bits per heavy atom. The number of para-hydroxylation sites is 1. The molecular formula is C25H21N3O4. The molecule has 0 saturated carbocycles. The Kier molecular flexibility index (Phi) is 6.07. The normalized spacial score (nSPS) is 10.6. The van der Waals surface area contributed by atoms with Crippen LogP contribution in [0.1, 0.15) is 39.1 Å². The van der Waals surface area contributed by atoms with Crippen LogP contribution >= 0.6 is 0 Å². The van der Waals surface area contributed by atoms with Crippen LogP contribution in [0.2, 0.25) is 0 Å². The van der Waals surface area contributed by atoms with E-state index in [1.165, 1.54) is 6.92 Å². The fourth-order valence-electron chi connectivity index (χ4n) is 3.07. The molecule has 3 aromatic carbocycles. The van der Waals surface area contributed by atoms with Crippen molar-refractivity contribution in [2.24, 2.45) is 0 Å². The molecule has 7 nitrogen and oxygen atoms in total. The molecule has 0 bridgehead atoms. The Morgan fingerprint density at radius 1 is 1.00 bits per heavy atom. The van der Waals surface area contributed by atoms with E-state index in [0.717, 1.165) is 11.1 Å². The molecule has 0 unspecified atom stereocenters. The molecule has 0 fully saturated rings. The fourth-order valence-corrected chi connectivity index (χ4v) is 3.07. The van der Waals surface area contributed by atoms with E-state index in [2.05, 4.69) is 15.5 Å². The van der Waals surface area contributed by atoms with Crippen LogP contribution in [0, 0.1) is 6.92 Å². The van der Waals surface area contributed by atoms with Gasteiger partial charge in [0.15, 0.2) is 12.4 Å². The third-order valence-corrected chi connectivity index (χ3v) is 4.79. The quantitative estimate of drug-likeness (QED) is 0.414. The minimum atomic E-state index is -0.354. The monoisotopic (exact) mass is 427 g/mol. The Balaban J connectivity index is 1.46. The predicted octanol–water partition coefficient (Wildman–Crippen LogP) is 5.08. The summed E-state index contributed by atoms with van der Waals surface area (Å²) >= 11 is 0. The molecule has 4 rings (SSSR count). The second-order valence-corrected chi connectivity index (χ2v) is 7.25. The number of aryl methyl sites for hydroxylation is 1. The molecule has 0 aliphatic heterocycles. The van der Waals surface area contributed by atoms with Crippen molar-refractivity contribution in [2.45, 2.75) is 20.5 Å². The first-order valence-corrected chi connectivity index (χ1v) is 10.0. The molecule has 0 radical (unpaired) electrons. The summed E-state index contributed by atoms with van der Waals surface area (Å²) in [4.78, 5) is 28.8. The van der Waals surface area contributed by atoms with Gasteiger partial charge in [0.1, 0.15) is 5.75 Å². The van der Waals surface area contributed by atoms with E-state index < -0.39 is 0 Å². The van der Waals surface area contributed by atoms with Crippen LogP contribution in [-0.4, -0.2) is 21.8 Å². The molecule has 32 heavy (non-hydrogen) atoms. The van der Waals surface area contributed by atoms with Crippen LogP contribution in [0.5, 0.6) is 5.75 Å². The number of nitrogens with one attached hydrogen (secondary N) is 1. The van der Waals surface area contributed by atoms with Crippen molar-refractivity contribution in [1.29, 1.82) is 0 Å². The largest absolute Gasteiger partial charge is 0.483 e. The topological polar surface area (TPSA) is 94.3 Å². The third kappa shape index (κ3) is 4.89. The van der Waals surface area contributed by atoms with Gasteiger partial charge in [0.05, 0.1) is 5.56 Å². The highest BCUT2D eigenvalue weighted by molar-refractivity contribution is 6.06. The second-order valence-electron chi connectivity index (χ2n) is 7.25. The van der Waals surface area contributed by atoms with Crippen LogP contribution in [0.3, 0.4) is 0 Å². The lowest BCUT2D eigenvalue weighted by Gasteiger charge is -2.11. The first-order valence-electron chi connectivity index (χ1n) is 10.0. The molecular weight excluding hydrogens is 406 g/mol. The van der Waals surface area contributed by atoms with Crippen LogP contribution in [0.25, 0.3) is 11.4 Å². The Labute approximate surface area is 185 Å². The molecule has 1 aromatic heterocycles. The van der Waals surface area contributed by atoms with Gasteiger partial charge >= 0.3 is 0 Å². The van der Waals surface area contributed by atoms with Gasteiger partial charge in [-0.05, 0) is 38.1 Å². The van der Waals surface area contributed by atoms with Gasteiger partial charge in [-0.1, -0.05) is 59.3 Å². The van der Waals surface area contributed by atoms with Crippen molar-refractivity contribution in [3.63, 3.8) is 0 Å². The number of ether oxygens (including phenoxy) is 1. The summed E-state index contributed by atoms with van der Waals surface area (Å²) in [5, 5.41) is 6.79. The lowest BCUT2D eigenvalue weighted by Crippen LogP contribution is -2.14. The highest BCUT2D eigenvalue weighted by atomic mass is 16.5. The van der Waals surface area contributed by atoms with E-state index in [0.29, 0.717) is 34.3 Å². The fraction of sp³-hybridized carbons (Fsp3) is 0.120. The van der Waals surface area contributed by atoms with Crippen molar-refractivity contribution in [3.8, 4) is 17.1 Å². The average molecular weight is 427 g/mol. The first-order chi connectivity index (χ1) is 15.5. The zero-order chi connectivity index (χ0) is 22.5. The number of anilines is 1. The summed E-state index contributed by atoms with van der Waals surface area (Å²) < 4.78 is 11.1. The van der Waals surface area contributed by atoms with E-state index in [4.69, 9.17) is 9.26 Å². The maximum Gasteiger partial charge on any atom is 0.264 e. The van der Waals surface area contributed by atoms with Crippen molar-refractivity contribution in [1.82, 2.24) is 10.1 Å². The summed E-state index contributed by atoms with van der Waals surface area (Å²) in [7, 11) is 0. The number of Topliss-reactive ketones (excluding diaryl/α,β-unsaturated/α-hetero) is 1. The summed E-state index contributed by atoms with van der Waals surface area (Å²) in [5.74, 6) is 0.717. The number of nitrogens with zero attached hydrogens (tertiary/aromatic N) is 2. The molecule has 160 valence electrons. The van der Waals surface area contributed by atoms with Crippen molar-refractivity contribution in [2.75, 3.05) is 5.32 Å². The number of rotatable bonds is 7. The van der Waals surface area contributed by atoms with Gasteiger partial charge in [-0.3, -0.25) is 9.59 Å². The number of benzene rings is 3.